The number of rotatable bonds is 8. The molecular formula is C32H44O14. The molecule has 46 heavy (non-hydrogen) atoms. The molecule has 0 saturated carbocycles. The number of aliphatic hydroxyl groups excluding tert-OH is 2. The summed E-state index contributed by atoms with van der Waals surface area (Å²) in [4.78, 5) is 74.0. The van der Waals surface area contributed by atoms with Gasteiger partial charge < -0.3 is 38.6 Å². The van der Waals surface area contributed by atoms with E-state index in [0.717, 1.165) is 34.6 Å². The topological polar surface area (TPSA) is 198 Å². The van der Waals surface area contributed by atoms with E-state index in [1.54, 1.807) is 13.8 Å². The highest BCUT2D eigenvalue weighted by Crippen LogP contribution is 2.52. The number of hydrogen-bond acceptors (Lipinski definition) is 14. The van der Waals surface area contributed by atoms with Gasteiger partial charge in [0.1, 0.15) is 24.9 Å². The van der Waals surface area contributed by atoms with Crippen molar-refractivity contribution in [2.45, 2.75) is 106 Å². The number of carbonyl (C=O) groups is 6. The quantitative estimate of drug-likeness (QED) is 0.220. The zero-order chi connectivity index (χ0) is 35.1. The third-order valence-electron chi connectivity index (χ3n) is 8.05. The van der Waals surface area contributed by atoms with Crippen molar-refractivity contribution in [2.24, 2.45) is 11.3 Å². The van der Waals surface area contributed by atoms with E-state index >= 15 is 0 Å². The Labute approximate surface area is 267 Å². The van der Waals surface area contributed by atoms with Crippen LogP contribution in [0.4, 0.5) is 0 Å². The van der Waals surface area contributed by atoms with E-state index in [1.165, 1.54) is 19.9 Å². The summed E-state index contributed by atoms with van der Waals surface area (Å²) in [5.74, 6) is -5.68. The normalized spacial score (nSPS) is 31.2. The Morgan fingerprint density at radius 2 is 1.28 bits per heavy atom. The second-order valence-electron chi connectivity index (χ2n) is 11.7. The van der Waals surface area contributed by atoms with E-state index in [2.05, 4.69) is 0 Å². The fraction of sp³-hybridized carbons (Fsp3) is 0.625. The van der Waals surface area contributed by atoms with Gasteiger partial charge in [0.15, 0.2) is 11.9 Å². The summed E-state index contributed by atoms with van der Waals surface area (Å²) in [6.07, 6.45) is -5.56. The minimum atomic E-state index is -1.54. The summed E-state index contributed by atoms with van der Waals surface area (Å²) in [6.45, 7) is 10.4. The molecule has 2 N–H and O–H groups in total. The maximum atomic E-state index is 12.6. The molecule has 256 valence electrons. The highest BCUT2D eigenvalue weighted by molar-refractivity contribution is 5.71. The van der Waals surface area contributed by atoms with E-state index in [-0.39, 0.29) is 35.3 Å². The standard InChI is InChI=1S/C32H44O14/c1-15-26(42-18(4)35)11-24-28(44-20(6)37)10-23(13-41-17(3)34)25(40)12-27(43-19(5)36)16(2)30(45-21(7)38)31(46-22(8)39)29(15)32(24,9)14-33/h10,24-28,31,33,40H,11-14H2,1-9H3/b23-10+,30-16+/t24-,25-,26-,27-,28-,31+,32+/m0/s1. The maximum absolute atomic E-state index is 12.6. The molecule has 0 aromatic rings. The predicted octanol–water partition coefficient (Wildman–Crippen LogP) is 2.14. The van der Waals surface area contributed by atoms with E-state index in [1.807, 2.05) is 0 Å². The summed E-state index contributed by atoms with van der Waals surface area (Å²) in [5, 5.41) is 22.6. The Bertz CT molecular complexity index is 1320. The van der Waals surface area contributed by atoms with E-state index in [0.29, 0.717) is 5.57 Å². The highest BCUT2D eigenvalue weighted by atomic mass is 16.6. The van der Waals surface area contributed by atoms with Gasteiger partial charge in [-0.1, -0.05) is 6.92 Å². The zero-order valence-corrected chi connectivity index (χ0v) is 27.7. The van der Waals surface area contributed by atoms with Crippen LogP contribution in [0.25, 0.3) is 0 Å². The molecule has 2 bridgehead atoms. The Morgan fingerprint density at radius 3 is 1.74 bits per heavy atom. The molecule has 2 aliphatic rings. The third-order valence-corrected chi connectivity index (χ3v) is 8.05. The molecule has 14 nitrogen and oxygen atoms in total. The third kappa shape index (κ3) is 9.49. The lowest BCUT2D eigenvalue weighted by atomic mass is 9.60. The van der Waals surface area contributed by atoms with Crippen LogP contribution in [0, 0.1) is 11.3 Å². The van der Waals surface area contributed by atoms with Crippen molar-refractivity contribution in [2.75, 3.05) is 13.2 Å². The Balaban J connectivity index is 3.21. The van der Waals surface area contributed by atoms with Crippen molar-refractivity contribution in [3.63, 3.8) is 0 Å². The molecule has 2 rings (SSSR count). The number of fused-ring (bicyclic) bond motifs is 2. The van der Waals surface area contributed by atoms with Gasteiger partial charge in [0.25, 0.3) is 0 Å². The van der Waals surface area contributed by atoms with Crippen LogP contribution in [-0.2, 0) is 57.2 Å². The van der Waals surface area contributed by atoms with Gasteiger partial charge in [0.2, 0.25) is 0 Å². The summed E-state index contributed by atoms with van der Waals surface area (Å²) in [5.41, 5.74) is -0.769. The summed E-state index contributed by atoms with van der Waals surface area (Å²) >= 11 is 0. The fourth-order valence-corrected chi connectivity index (χ4v) is 6.04. The molecule has 0 unspecified atom stereocenters. The van der Waals surface area contributed by atoms with Crippen molar-refractivity contribution < 1.29 is 67.4 Å². The first-order valence-corrected chi connectivity index (χ1v) is 14.7. The number of aliphatic hydroxyl groups is 2. The van der Waals surface area contributed by atoms with E-state index < -0.39 is 90.9 Å². The average molecular weight is 653 g/mol. The molecule has 0 aromatic carbocycles. The van der Waals surface area contributed by atoms with Gasteiger partial charge in [-0.05, 0) is 43.1 Å². The van der Waals surface area contributed by atoms with Crippen molar-refractivity contribution in [3.8, 4) is 0 Å². The minimum Gasteiger partial charge on any atom is -0.461 e. The monoisotopic (exact) mass is 652 g/mol. The molecule has 0 aliphatic heterocycles. The number of carbonyl (C=O) groups excluding carboxylic acids is 6. The van der Waals surface area contributed by atoms with Crippen LogP contribution < -0.4 is 0 Å². The number of ether oxygens (including phenoxy) is 6. The fourth-order valence-electron chi connectivity index (χ4n) is 6.04. The minimum absolute atomic E-state index is 0.00812. The van der Waals surface area contributed by atoms with Crippen LogP contribution in [-0.4, -0.2) is 89.8 Å². The van der Waals surface area contributed by atoms with Gasteiger partial charge in [0, 0.05) is 64.9 Å². The zero-order valence-electron chi connectivity index (χ0n) is 27.7. The van der Waals surface area contributed by atoms with Gasteiger partial charge in [-0.2, -0.15) is 0 Å². The van der Waals surface area contributed by atoms with Gasteiger partial charge in [-0.15, -0.1) is 0 Å². The smallest absolute Gasteiger partial charge is 0.307 e. The van der Waals surface area contributed by atoms with Crippen LogP contribution in [0.2, 0.25) is 0 Å². The molecule has 0 heterocycles. The summed E-state index contributed by atoms with van der Waals surface area (Å²) in [6, 6.07) is 0. The molecular weight excluding hydrogens is 608 g/mol. The number of esters is 6. The average Bonchev–Trinajstić information content (AvgIpc) is 2.92. The number of hydrogen-bond donors (Lipinski definition) is 2. The molecule has 0 amide bonds. The Morgan fingerprint density at radius 1 is 0.761 bits per heavy atom. The van der Waals surface area contributed by atoms with Crippen LogP contribution in [0.5, 0.6) is 0 Å². The molecule has 14 heteroatoms. The van der Waals surface area contributed by atoms with Crippen molar-refractivity contribution in [1.29, 1.82) is 0 Å². The van der Waals surface area contributed by atoms with Crippen LogP contribution in [0.15, 0.2) is 34.1 Å². The molecule has 0 spiro atoms. The second-order valence-corrected chi connectivity index (χ2v) is 11.7. The van der Waals surface area contributed by atoms with Gasteiger partial charge in [-0.3, -0.25) is 28.8 Å². The molecule has 0 aromatic heterocycles. The van der Waals surface area contributed by atoms with Crippen molar-refractivity contribution in [1.82, 2.24) is 0 Å². The first kappa shape index (κ1) is 38.1. The largest absolute Gasteiger partial charge is 0.461 e. The van der Waals surface area contributed by atoms with Gasteiger partial charge in [0.05, 0.1) is 12.7 Å². The first-order chi connectivity index (χ1) is 21.3. The van der Waals surface area contributed by atoms with Crippen LogP contribution in [0.3, 0.4) is 0 Å². The Hall–Kier alpha value is -4.04. The lowest BCUT2D eigenvalue weighted by Crippen LogP contribution is -2.52. The lowest BCUT2D eigenvalue weighted by Gasteiger charge is -2.49. The van der Waals surface area contributed by atoms with Crippen LogP contribution in [0.1, 0.15) is 75.2 Å². The first-order valence-electron chi connectivity index (χ1n) is 14.7. The highest BCUT2D eigenvalue weighted by Gasteiger charge is 2.53. The summed E-state index contributed by atoms with van der Waals surface area (Å²) in [7, 11) is 0. The molecule has 7 atom stereocenters. The van der Waals surface area contributed by atoms with Crippen molar-refractivity contribution in [3.05, 3.63) is 34.1 Å². The van der Waals surface area contributed by atoms with Gasteiger partial charge in [-0.25, -0.2) is 0 Å². The van der Waals surface area contributed by atoms with Gasteiger partial charge >= 0.3 is 35.8 Å². The molecule has 0 saturated heterocycles. The maximum Gasteiger partial charge on any atom is 0.307 e. The Kier molecular flexibility index (Phi) is 13.3. The van der Waals surface area contributed by atoms with Crippen molar-refractivity contribution >= 4 is 35.8 Å². The molecule has 2 aliphatic carbocycles. The second kappa shape index (κ2) is 16.0. The molecule has 0 fully saturated rings. The van der Waals surface area contributed by atoms with E-state index in [4.69, 9.17) is 28.4 Å². The predicted molar refractivity (Wildman–Crippen MR) is 158 cm³/mol. The summed E-state index contributed by atoms with van der Waals surface area (Å²) < 4.78 is 33.6. The lowest BCUT2D eigenvalue weighted by molar-refractivity contribution is -0.157. The molecule has 0 radical (unpaired) electrons. The van der Waals surface area contributed by atoms with Crippen LogP contribution >= 0.6 is 0 Å². The van der Waals surface area contributed by atoms with E-state index in [9.17, 15) is 39.0 Å². The SMILES string of the molecule is CC(=O)OC/C1=C\[C@H](OC(C)=O)[C@@H]2C[C@H](OC(C)=O)C(C)=C([C@@H](OC(C)=O)/C(OC(C)=O)=C(/C)[C@@H](OC(C)=O)C[C@@H]1O)[C@]2(C)CO.